The Kier molecular flexibility index (Phi) is 8.29. The molecule has 0 fully saturated rings. The first-order valence-corrected chi connectivity index (χ1v) is 7.02. The van der Waals surface area contributed by atoms with Crippen molar-refractivity contribution in [1.29, 1.82) is 0 Å². The van der Waals surface area contributed by atoms with Crippen LogP contribution in [0.1, 0.15) is 16.8 Å². The number of hydrogen-bond acceptors (Lipinski definition) is 6. The highest BCUT2D eigenvalue weighted by Crippen LogP contribution is 2.36. The lowest BCUT2D eigenvalue weighted by Crippen LogP contribution is -2.07. The van der Waals surface area contributed by atoms with E-state index in [9.17, 15) is 4.79 Å². The summed E-state index contributed by atoms with van der Waals surface area (Å²) in [5.74, 6) is 0.867. The van der Waals surface area contributed by atoms with Crippen LogP contribution < -0.4 is 9.47 Å². The number of methoxy groups -OCH3 is 3. The van der Waals surface area contributed by atoms with Crippen molar-refractivity contribution in [3.8, 4) is 11.5 Å². The molecule has 0 N–H and O–H groups in total. The van der Waals surface area contributed by atoms with Crippen LogP contribution in [0.15, 0.2) is 16.6 Å². The molecule has 21 heavy (non-hydrogen) atoms. The highest BCUT2D eigenvalue weighted by Gasteiger charge is 2.15. The number of Topliss-reactive ketones (excluding diaryl/α,β-unsaturated/α-hetero) is 1. The predicted molar refractivity (Wildman–Crippen MR) is 80.0 cm³/mol. The Balaban J connectivity index is 3.03. The van der Waals surface area contributed by atoms with Gasteiger partial charge in [0.05, 0.1) is 6.61 Å². The van der Waals surface area contributed by atoms with E-state index >= 15 is 0 Å². The minimum Gasteiger partial charge on any atom is -0.466 e. The molecule has 0 bridgehead atoms. The maximum absolute atomic E-state index is 12.1. The number of hydrogen-bond donors (Lipinski definition) is 0. The zero-order valence-electron chi connectivity index (χ0n) is 12.3. The van der Waals surface area contributed by atoms with Crippen LogP contribution in [0.4, 0.5) is 0 Å². The zero-order valence-corrected chi connectivity index (χ0v) is 13.9. The van der Waals surface area contributed by atoms with Crippen molar-refractivity contribution in [2.45, 2.75) is 6.42 Å². The van der Waals surface area contributed by atoms with E-state index in [-0.39, 0.29) is 25.8 Å². The smallest absolute Gasteiger partial charge is 0.188 e. The summed E-state index contributed by atoms with van der Waals surface area (Å²) in [6.07, 6.45) is 0.283. The topological polar surface area (TPSA) is 63.2 Å². The number of ketones is 1. The summed E-state index contributed by atoms with van der Waals surface area (Å²) in [6, 6.07) is 3.28. The van der Waals surface area contributed by atoms with Crippen molar-refractivity contribution in [3.63, 3.8) is 0 Å². The molecule has 6 nitrogen and oxygen atoms in total. The molecule has 118 valence electrons. The SMILES string of the molecule is COCCC(=O)c1cc(OCOC)c(Br)c(OCOC)c1. The first-order chi connectivity index (χ1) is 10.1. The van der Waals surface area contributed by atoms with E-state index in [2.05, 4.69) is 15.9 Å². The molecule has 1 rings (SSSR count). The largest absolute Gasteiger partial charge is 0.466 e. The molecule has 7 heteroatoms. The van der Waals surface area contributed by atoms with Crippen LogP contribution in [0.25, 0.3) is 0 Å². The van der Waals surface area contributed by atoms with Crippen molar-refractivity contribution in [3.05, 3.63) is 22.2 Å². The summed E-state index contributed by atoms with van der Waals surface area (Å²) in [6.45, 7) is 0.494. The van der Waals surface area contributed by atoms with Gasteiger partial charge in [-0.15, -0.1) is 0 Å². The molecule has 1 aromatic carbocycles. The van der Waals surface area contributed by atoms with Crippen molar-refractivity contribution >= 4 is 21.7 Å². The normalized spacial score (nSPS) is 10.5. The standard InChI is InChI=1S/C14H19BrO6/c1-17-5-4-11(16)10-6-12(20-8-18-2)14(15)13(7-10)21-9-19-3/h6-7H,4-5,8-9H2,1-3H3. The Labute approximate surface area is 132 Å². The number of halogens is 1. The minimum absolute atomic E-state index is 0.0612. The molecule has 0 saturated carbocycles. The van der Waals surface area contributed by atoms with Gasteiger partial charge in [-0.2, -0.15) is 0 Å². The average Bonchev–Trinajstić information content (AvgIpc) is 2.50. The highest BCUT2D eigenvalue weighted by molar-refractivity contribution is 9.10. The van der Waals surface area contributed by atoms with E-state index < -0.39 is 0 Å². The Morgan fingerprint density at radius 2 is 1.52 bits per heavy atom. The number of carbonyl (C=O) groups is 1. The lowest BCUT2D eigenvalue weighted by atomic mass is 10.1. The van der Waals surface area contributed by atoms with Crippen LogP contribution in [-0.4, -0.2) is 47.3 Å². The van der Waals surface area contributed by atoms with Crippen LogP contribution in [0, 0.1) is 0 Å². The molecule has 0 aliphatic carbocycles. The van der Waals surface area contributed by atoms with Gasteiger partial charge >= 0.3 is 0 Å². The van der Waals surface area contributed by atoms with Crippen LogP contribution in [0.2, 0.25) is 0 Å². The Morgan fingerprint density at radius 3 is 1.95 bits per heavy atom. The van der Waals surface area contributed by atoms with E-state index in [1.54, 1.807) is 19.2 Å². The molecule has 0 unspecified atom stereocenters. The Hall–Kier alpha value is -1.15. The molecule has 0 saturated heterocycles. The van der Waals surface area contributed by atoms with Crippen molar-refractivity contribution in [2.75, 3.05) is 41.5 Å². The number of benzene rings is 1. The number of rotatable bonds is 10. The fourth-order valence-electron chi connectivity index (χ4n) is 1.53. The Morgan fingerprint density at radius 1 is 1.00 bits per heavy atom. The maximum Gasteiger partial charge on any atom is 0.188 e. The van der Waals surface area contributed by atoms with Gasteiger partial charge in [0.2, 0.25) is 0 Å². The fourth-order valence-corrected chi connectivity index (χ4v) is 1.99. The summed E-state index contributed by atoms with van der Waals surface area (Å²) >= 11 is 3.38. The van der Waals surface area contributed by atoms with Gasteiger partial charge in [-0.3, -0.25) is 4.79 Å². The molecule has 1 aromatic rings. The highest BCUT2D eigenvalue weighted by atomic mass is 79.9. The van der Waals surface area contributed by atoms with Crippen molar-refractivity contribution in [1.82, 2.24) is 0 Å². The van der Waals surface area contributed by atoms with Crippen LogP contribution >= 0.6 is 15.9 Å². The summed E-state index contributed by atoms with van der Waals surface area (Å²) in [5.41, 5.74) is 0.479. The quantitative estimate of drug-likeness (QED) is 0.471. The molecule has 0 aliphatic heterocycles. The van der Waals surface area contributed by atoms with Gasteiger partial charge in [0, 0.05) is 33.3 Å². The van der Waals surface area contributed by atoms with Crippen LogP contribution in [0.5, 0.6) is 11.5 Å². The van der Waals surface area contributed by atoms with E-state index in [0.717, 1.165) is 0 Å². The Bertz CT molecular complexity index is 434. The van der Waals surface area contributed by atoms with Gasteiger partial charge in [0.1, 0.15) is 16.0 Å². The lowest BCUT2D eigenvalue weighted by Gasteiger charge is -2.14. The second-order valence-electron chi connectivity index (χ2n) is 4.05. The fraction of sp³-hybridized carbons (Fsp3) is 0.500. The predicted octanol–water partition coefficient (Wildman–Crippen LogP) is 2.63. The summed E-state index contributed by atoms with van der Waals surface area (Å²) in [7, 11) is 4.59. The minimum atomic E-state index is -0.0612. The van der Waals surface area contributed by atoms with Gasteiger partial charge in [-0.1, -0.05) is 0 Å². The molecule has 0 atom stereocenters. The molecular weight excluding hydrogens is 344 g/mol. The molecule has 0 aliphatic rings. The van der Waals surface area contributed by atoms with Gasteiger partial charge in [0.25, 0.3) is 0 Å². The van der Waals surface area contributed by atoms with Gasteiger partial charge in [0.15, 0.2) is 19.4 Å². The van der Waals surface area contributed by atoms with E-state index in [4.69, 9.17) is 23.7 Å². The van der Waals surface area contributed by atoms with E-state index in [1.165, 1.54) is 14.2 Å². The summed E-state index contributed by atoms with van der Waals surface area (Å²) in [4.78, 5) is 12.1. The van der Waals surface area contributed by atoms with Crippen LogP contribution in [-0.2, 0) is 14.2 Å². The molecule has 0 aromatic heterocycles. The molecule has 0 heterocycles. The third kappa shape index (κ3) is 5.62. The first-order valence-electron chi connectivity index (χ1n) is 6.23. The maximum atomic E-state index is 12.1. The van der Waals surface area contributed by atoms with Crippen molar-refractivity contribution < 1.29 is 28.5 Å². The zero-order chi connectivity index (χ0) is 15.7. The van der Waals surface area contributed by atoms with E-state index in [0.29, 0.717) is 28.1 Å². The molecule has 0 radical (unpaired) electrons. The average molecular weight is 363 g/mol. The monoisotopic (exact) mass is 362 g/mol. The second-order valence-corrected chi connectivity index (χ2v) is 4.85. The van der Waals surface area contributed by atoms with Crippen LogP contribution in [0.3, 0.4) is 0 Å². The van der Waals surface area contributed by atoms with Gasteiger partial charge in [-0.25, -0.2) is 0 Å². The third-order valence-corrected chi connectivity index (χ3v) is 3.31. The number of carbonyl (C=O) groups excluding carboxylic acids is 1. The number of ether oxygens (including phenoxy) is 5. The lowest BCUT2D eigenvalue weighted by molar-refractivity contribution is 0.0447. The van der Waals surface area contributed by atoms with Crippen molar-refractivity contribution in [2.24, 2.45) is 0 Å². The van der Waals surface area contributed by atoms with Gasteiger partial charge < -0.3 is 23.7 Å². The van der Waals surface area contributed by atoms with Gasteiger partial charge in [-0.05, 0) is 28.1 Å². The molecule has 0 amide bonds. The summed E-state index contributed by atoms with van der Waals surface area (Å²) in [5, 5.41) is 0. The molecule has 0 spiro atoms. The summed E-state index contributed by atoms with van der Waals surface area (Å²) < 4.78 is 26.1. The first kappa shape index (κ1) is 17.9. The van der Waals surface area contributed by atoms with E-state index in [1.807, 2.05) is 0 Å². The second kappa shape index (κ2) is 9.73. The molecular formula is C14H19BrO6. The third-order valence-electron chi connectivity index (χ3n) is 2.53.